The second kappa shape index (κ2) is 16.7. The number of sulfonamides is 1. The van der Waals surface area contributed by atoms with Crippen molar-refractivity contribution in [1.82, 2.24) is 10.2 Å². The predicted octanol–water partition coefficient (Wildman–Crippen LogP) is 8.36. The average molecular weight is 736 g/mol. The van der Waals surface area contributed by atoms with Crippen molar-refractivity contribution in [3.8, 4) is 0 Å². The number of anilines is 1. The Morgan fingerprint density at radius 3 is 2.04 bits per heavy atom. The molecule has 0 saturated carbocycles. The van der Waals surface area contributed by atoms with Gasteiger partial charge >= 0.3 is 0 Å². The van der Waals surface area contributed by atoms with Crippen molar-refractivity contribution >= 4 is 73.9 Å². The highest BCUT2D eigenvalue weighted by Crippen LogP contribution is 2.31. The second-order valence-corrected chi connectivity index (χ2v) is 14.5. The first-order chi connectivity index (χ1) is 22.4. The number of amides is 2. The topological polar surface area (TPSA) is 86.8 Å². The minimum Gasteiger partial charge on any atom is -0.354 e. The van der Waals surface area contributed by atoms with Gasteiger partial charge in [-0.15, -0.1) is 0 Å². The molecule has 7 nitrogen and oxygen atoms in total. The molecule has 0 radical (unpaired) electrons. The number of carbonyl (C=O) groups excluding carboxylic acids is 2. The van der Waals surface area contributed by atoms with E-state index in [1.54, 1.807) is 30.3 Å². The van der Waals surface area contributed by atoms with Crippen LogP contribution in [0, 0.1) is 6.92 Å². The third-order valence-electron chi connectivity index (χ3n) is 7.52. The van der Waals surface area contributed by atoms with Crippen molar-refractivity contribution in [3.05, 3.63) is 128 Å². The smallest absolute Gasteiger partial charge is 0.264 e. The first-order valence-corrected chi connectivity index (χ1v) is 18.0. The summed E-state index contributed by atoms with van der Waals surface area (Å²) in [6, 6.07) is 23.9. The van der Waals surface area contributed by atoms with Gasteiger partial charge < -0.3 is 10.2 Å². The summed E-state index contributed by atoms with van der Waals surface area (Å²) < 4.78 is 29.3. The molecule has 0 aliphatic carbocycles. The van der Waals surface area contributed by atoms with Gasteiger partial charge in [0, 0.05) is 19.5 Å². The maximum absolute atomic E-state index is 14.6. The van der Waals surface area contributed by atoms with E-state index in [4.69, 9.17) is 46.4 Å². The van der Waals surface area contributed by atoms with Crippen LogP contribution in [-0.4, -0.2) is 44.3 Å². The number of nitrogens with zero attached hydrogens (tertiary/aromatic N) is 2. The van der Waals surface area contributed by atoms with E-state index in [2.05, 4.69) is 5.32 Å². The zero-order valence-electron chi connectivity index (χ0n) is 25.9. The highest BCUT2D eigenvalue weighted by atomic mass is 35.5. The Morgan fingerprint density at radius 1 is 0.787 bits per heavy atom. The number of hydrogen-bond acceptors (Lipinski definition) is 4. The van der Waals surface area contributed by atoms with Gasteiger partial charge in [0.2, 0.25) is 11.8 Å². The van der Waals surface area contributed by atoms with Crippen LogP contribution in [-0.2, 0) is 32.6 Å². The molecule has 1 atom stereocenters. The highest BCUT2D eigenvalue weighted by molar-refractivity contribution is 7.92. The van der Waals surface area contributed by atoms with Crippen LogP contribution in [0.25, 0.3) is 0 Å². The molecule has 12 heteroatoms. The van der Waals surface area contributed by atoms with Crippen molar-refractivity contribution in [2.45, 2.75) is 50.6 Å². The van der Waals surface area contributed by atoms with Crippen LogP contribution in [0.2, 0.25) is 20.1 Å². The summed E-state index contributed by atoms with van der Waals surface area (Å²) in [5.74, 6) is -0.984. The Hall–Kier alpha value is -3.27. The van der Waals surface area contributed by atoms with E-state index in [1.165, 1.54) is 35.2 Å². The maximum atomic E-state index is 14.6. The van der Waals surface area contributed by atoms with Crippen molar-refractivity contribution in [2.75, 3.05) is 17.4 Å². The van der Waals surface area contributed by atoms with Gasteiger partial charge in [-0.25, -0.2) is 8.42 Å². The lowest BCUT2D eigenvalue weighted by molar-refractivity contribution is -0.140. The van der Waals surface area contributed by atoms with Gasteiger partial charge in [0.15, 0.2) is 0 Å². The molecular weight excluding hydrogens is 700 g/mol. The molecule has 0 aliphatic rings. The van der Waals surface area contributed by atoms with E-state index < -0.39 is 28.5 Å². The Morgan fingerprint density at radius 2 is 1.43 bits per heavy atom. The third kappa shape index (κ3) is 9.64. The number of nitrogens with one attached hydrogen (secondary N) is 1. The van der Waals surface area contributed by atoms with Crippen molar-refractivity contribution < 1.29 is 18.0 Å². The quantitative estimate of drug-likeness (QED) is 0.132. The molecule has 0 spiro atoms. The summed E-state index contributed by atoms with van der Waals surface area (Å²) in [6.45, 7) is 3.60. The molecule has 248 valence electrons. The lowest BCUT2D eigenvalue weighted by Gasteiger charge is -2.34. The molecule has 1 N–H and O–H groups in total. The molecule has 4 aromatic rings. The average Bonchev–Trinajstić information content (AvgIpc) is 3.05. The molecule has 0 aromatic heterocycles. The summed E-state index contributed by atoms with van der Waals surface area (Å²) in [4.78, 5) is 29.8. The fraction of sp³-hybridized carbons (Fsp3) is 0.257. The van der Waals surface area contributed by atoms with Gasteiger partial charge in [0.25, 0.3) is 10.0 Å². The van der Waals surface area contributed by atoms with Crippen LogP contribution in [0.4, 0.5) is 5.69 Å². The highest BCUT2D eigenvalue weighted by Gasteiger charge is 2.35. The van der Waals surface area contributed by atoms with E-state index >= 15 is 0 Å². The Labute approximate surface area is 296 Å². The maximum Gasteiger partial charge on any atom is 0.264 e. The van der Waals surface area contributed by atoms with Crippen LogP contribution in [0.15, 0.2) is 95.9 Å². The van der Waals surface area contributed by atoms with Crippen LogP contribution in [0.5, 0.6) is 0 Å². The summed E-state index contributed by atoms with van der Waals surface area (Å²) in [5.41, 5.74) is 2.43. The van der Waals surface area contributed by atoms with Crippen molar-refractivity contribution in [2.24, 2.45) is 0 Å². The minimum atomic E-state index is -4.29. The first-order valence-electron chi connectivity index (χ1n) is 15.0. The number of rotatable bonds is 14. The van der Waals surface area contributed by atoms with Gasteiger partial charge in [-0.05, 0) is 66.9 Å². The lowest BCUT2D eigenvalue weighted by Crippen LogP contribution is -2.53. The monoisotopic (exact) mass is 733 g/mol. The SMILES string of the molecule is CCCCNC(=O)C(Cc1ccccc1)N(Cc1ccc(Cl)c(Cl)c1)C(=O)CN(c1ccc(Cl)c(Cl)c1)S(=O)(=O)c1ccc(C)cc1. The zero-order valence-corrected chi connectivity index (χ0v) is 29.8. The number of hydrogen-bond donors (Lipinski definition) is 1. The Kier molecular flexibility index (Phi) is 13.0. The lowest BCUT2D eigenvalue weighted by atomic mass is 10.0. The molecule has 0 fully saturated rings. The zero-order chi connectivity index (χ0) is 34.1. The van der Waals surface area contributed by atoms with Crippen LogP contribution < -0.4 is 9.62 Å². The molecule has 0 saturated heterocycles. The summed E-state index contributed by atoms with van der Waals surface area (Å²) in [7, 11) is -4.29. The van der Waals surface area contributed by atoms with Gasteiger partial charge in [0.05, 0.1) is 30.7 Å². The molecule has 47 heavy (non-hydrogen) atoms. The van der Waals surface area contributed by atoms with Crippen LogP contribution >= 0.6 is 46.4 Å². The fourth-order valence-electron chi connectivity index (χ4n) is 4.90. The number of carbonyl (C=O) groups is 2. The number of halogens is 4. The Balaban J connectivity index is 1.82. The van der Waals surface area contributed by atoms with E-state index in [-0.39, 0.29) is 44.5 Å². The summed E-state index contributed by atoms with van der Waals surface area (Å²) in [6.07, 6.45) is 1.80. The predicted molar refractivity (Wildman–Crippen MR) is 191 cm³/mol. The number of unbranched alkanes of at least 4 members (excludes halogenated alkanes) is 1. The molecule has 2 amide bonds. The van der Waals surface area contributed by atoms with Gasteiger partial charge in [-0.3, -0.25) is 13.9 Å². The van der Waals surface area contributed by atoms with Crippen molar-refractivity contribution in [3.63, 3.8) is 0 Å². The van der Waals surface area contributed by atoms with Crippen LogP contribution in [0.1, 0.15) is 36.5 Å². The third-order valence-corrected chi connectivity index (χ3v) is 10.8. The van der Waals surface area contributed by atoms with Crippen molar-refractivity contribution in [1.29, 1.82) is 0 Å². The fourth-order valence-corrected chi connectivity index (χ4v) is 6.92. The number of benzene rings is 4. The van der Waals surface area contributed by atoms with E-state index in [0.717, 1.165) is 28.3 Å². The Bertz CT molecular complexity index is 1810. The van der Waals surface area contributed by atoms with Gasteiger partial charge in [-0.2, -0.15) is 0 Å². The van der Waals surface area contributed by atoms with E-state index in [0.29, 0.717) is 17.1 Å². The minimum absolute atomic E-state index is 0.0175. The summed E-state index contributed by atoms with van der Waals surface area (Å²) >= 11 is 25.0. The van der Waals surface area contributed by atoms with Gasteiger partial charge in [0.1, 0.15) is 12.6 Å². The largest absolute Gasteiger partial charge is 0.354 e. The molecule has 0 aliphatic heterocycles. The second-order valence-electron chi connectivity index (χ2n) is 11.0. The standard InChI is InChI=1S/C35H35Cl4N3O4S/c1-3-4-18-40-35(44)33(20-25-8-6-5-7-9-25)41(22-26-12-16-29(36)31(38)19-26)34(43)23-42(27-13-17-30(37)32(39)21-27)47(45,46)28-14-10-24(2)11-15-28/h5-17,19,21,33H,3-4,18,20,22-23H2,1-2H3,(H,40,44). The summed E-state index contributed by atoms with van der Waals surface area (Å²) in [5, 5.41) is 3.92. The molecule has 0 bridgehead atoms. The molecule has 0 heterocycles. The normalized spacial score (nSPS) is 12.0. The molecule has 4 aromatic carbocycles. The number of aryl methyl sites for hydroxylation is 1. The first kappa shape index (κ1) is 36.6. The van der Waals surface area contributed by atoms with Crippen LogP contribution in [0.3, 0.4) is 0 Å². The van der Waals surface area contributed by atoms with E-state index in [1.807, 2.05) is 44.2 Å². The molecular formula is C35H35Cl4N3O4S. The molecule has 1 unspecified atom stereocenters. The van der Waals surface area contributed by atoms with Gasteiger partial charge in [-0.1, -0.05) is 114 Å². The molecule has 4 rings (SSSR count). The van der Waals surface area contributed by atoms with E-state index in [9.17, 15) is 18.0 Å².